The molecule has 0 aliphatic rings. The van der Waals surface area contributed by atoms with Gasteiger partial charge >= 0.3 is 0 Å². The lowest BCUT2D eigenvalue weighted by Gasteiger charge is -2.13. The number of aromatic nitrogens is 4. The highest BCUT2D eigenvalue weighted by molar-refractivity contribution is 9.10. The molecule has 0 N–H and O–H groups in total. The van der Waals surface area contributed by atoms with Crippen molar-refractivity contribution in [1.82, 2.24) is 19.2 Å². The van der Waals surface area contributed by atoms with Crippen LogP contribution in [0.2, 0.25) is 0 Å². The van der Waals surface area contributed by atoms with Crippen LogP contribution in [0, 0.1) is 0 Å². The van der Waals surface area contributed by atoms with Crippen LogP contribution in [-0.2, 0) is 12.3 Å². The summed E-state index contributed by atoms with van der Waals surface area (Å²) in [5, 5.41) is 10.1. The van der Waals surface area contributed by atoms with Crippen LogP contribution in [-0.4, -0.2) is 33.4 Å². The van der Waals surface area contributed by atoms with Gasteiger partial charge in [0.2, 0.25) is 5.78 Å². The van der Waals surface area contributed by atoms with Gasteiger partial charge < -0.3 is 9.47 Å². The monoisotopic (exact) mass is 488 g/mol. The van der Waals surface area contributed by atoms with Gasteiger partial charge in [0.25, 0.3) is 5.56 Å². The van der Waals surface area contributed by atoms with E-state index >= 15 is 0 Å². The van der Waals surface area contributed by atoms with Gasteiger partial charge in [0, 0.05) is 12.3 Å². The lowest BCUT2D eigenvalue weighted by molar-refractivity contribution is 0.353. The Morgan fingerprint density at radius 1 is 1.10 bits per heavy atom. The molecule has 0 unspecified atom stereocenters. The SMILES string of the molecule is CCCn1c(=O)c2ccccc2n2c(SCc3ccc(OC)c(OC)c3Br)nnc12. The highest BCUT2D eigenvalue weighted by atomic mass is 79.9. The molecule has 9 heteroatoms. The summed E-state index contributed by atoms with van der Waals surface area (Å²) in [7, 11) is 3.23. The summed E-state index contributed by atoms with van der Waals surface area (Å²) in [5.41, 5.74) is 1.82. The van der Waals surface area contributed by atoms with Gasteiger partial charge in [-0.05, 0) is 46.1 Å². The zero-order valence-corrected chi connectivity index (χ0v) is 19.3. The standard InChI is InChI=1S/C21H21BrN4O3S/c1-4-11-25-19(27)14-7-5-6-8-15(14)26-20(25)23-24-21(26)30-12-13-9-10-16(28-2)18(29-3)17(13)22/h5-10H,4,11-12H2,1-3H3. The van der Waals surface area contributed by atoms with E-state index in [1.165, 1.54) is 0 Å². The summed E-state index contributed by atoms with van der Waals surface area (Å²) in [6, 6.07) is 11.5. The van der Waals surface area contributed by atoms with Crippen LogP contribution in [0.25, 0.3) is 16.7 Å². The fourth-order valence-corrected chi connectivity index (χ4v) is 5.18. The van der Waals surface area contributed by atoms with E-state index in [2.05, 4.69) is 26.1 Å². The van der Waals surface area contributed by atoms with Gasteiger partial charge in [0.05, 0.1) is 29.6 Å². The maximum Gasteiger partial charge on any atom is 0.262 e. The molecule has 156 valence electrons. The minimum Gasteiger partial charge on any atom is -0.493 e. The first-order chi connectivity index (χ1) is 14.6. The highest BCUT2D eigenvalue weighted by Crippen LogP contribution is 2.39. The normalized spacial score (nSPS) is 11.3. The molecule has 0 spiro atoms. The van der Waals surface area contributed by atoms with E-state index in [9.17, 15) is 4.79 Å². The first-order valence-electron chi connectivity index (χ1n) is 9.49. The highest BCUT2D eigenvalue weighted by Gasteiger charge is 2.18. The average Bonchev–Trinajstić information content (AvgIpc) is 3.19. The van der Waals surface area contributed by atoms with Crippen molar-refractivity contribution in [2.45, 2.75) is 30.8 Å². The largest absolute Gasteiger partial charge is 0.493 e. The van der Waals surface area contributed by atoms with Crippen molar-refractivity contribution in [3.63, 3.8) is 0 Å². The van der Waals surface area contributed by atoms with Crippen molar-refractivity contribution in [2.24, 2.45) is 0 Å². The van der Waals surface area contributed by atoms with Gasteiger partial charge in [-0.25, -0.2) is 0 Å². The molecule has 0 amide bonds. The molecule has 0 saturated heterocycles. The second-order valence-electron chi connectivity index (χ2n) is 6.65. The number of nitrogens with zero attached hydrogens (tertiary/aromatic N) is 4. The predicted molar refractivity (Wildman–Crippen MR) is 122 cm³/mol. The van der Waals surface area contributed by atoms with Gasteiger partial charge in [-0.15, -0.1) is 10.2 Å². The lowest BCUT2D eigenvalue weighted by Crippen LogP contribution is -2.23. The van der Waals surface area contributed by atoms with E-state index in [1.807, 2.05) is 47.7 Å². The maximum absolute atomic E-state index is 12.9. The summed E-state index contributed by atoms with van der Waals surface area (Å²) in [6.07, 6.45) is 0.835. The minimum absolute atomic E-state index is 0.0356. The smallest absolute Gasteiger partial charge is 0.262 e. The summed E-state index contributed by atoms with van der Waals surface area (Å²) in [5.74, 6) is 2.53. The molecule has 0 atom stereocenters. The van der Waals surface area contributed by atoms with Crippen LogP contribution in [0.5, 0.6) is 11.5 Å². The molecule has 0 bridgehead atoms. The number of benzene rings is 2. The number of hydrogen-bond acceptors (Lipinski definition) is 6. The zero-order valence-electron chi connectivity index (χ0n) is 16.9. The van der Waals surface area contributed by atoms with Crippen LogP contribution in [0.15, 0.2) is 50.8 Å². The van der Waals surface area contributed by atoms with E-state index in [0.717, 1.165) is 27.1 Å². The molecule has 2 heterocycles. The molecule has 0 radical (unpaired) electrons. The van der Waals surface area contributed by atoms with E-state index < -0.39 is 0 Å². The Labute approximate surface area is 186 Å². The number of rotatable bonds is 7. The van der Waals surface area contributed by atoms with Crippen molar-refractivity contribution in [3.05, 3.63) is 56.8 Å². The fourth-order valence-electron chi connectivity index (χ4n) is 3.44. The molecule has 7 nitrogen and oxygen atoms in total. The molecule has 0 saturated carbocycles. The first-order valence-corrected chi connectivity index (χ1v) is 11.3. The quantitative estimate of drug-likeness (QED) is 0.356. The summed E-state index contributed by atoms with van der Waals surface area (Å²) < 4.78 is 15.3. The molecular formula is C21H21BrN4O3S. The van der Waals surface area contributed by atoms with E-state index in [0.29, 0.717) is 35.0 Å². The predicted octanol–water partition coefficient (Wildman–Crippen LogP) is 4.53. The Morgan fingerprint density at radius 3 is 2.63 bits per heavy atom. The molecular weight excluding hydrogens is 468 g/mol. The minimum atomic E-state index is -0.0356. The Hall–Kier alpha value is -2.52. The van der Waals surface area contributed by atoms with Gasteiger partial charge in [-0.3, -0.25) is 13.8 Å². The lowest BCUT2D eigenvalue weighted by atomic mass is 10.2. The Morgan fingerprint density at radius 2 is 1.90 bits per heavy atom. The second kappa shape index (κ2) is 8.69. The second-order valence-corrected chi connectivity index (χ2v) is 8.39. The molecule has 0 aliphatic heterocycles. The molecule has 2 aromatic carbocycles. The Bertz CT molecular complexity index is 1280. The topological polar surface area (TPSA) is 70.7 Å². The van der Waals surface area contributed by atoms with Crippen molar-refractivity contribution >= 4 is 44.4 Å². The van der Waals surface area contributed by atoms with Crippen molar-refractivity contribution in [2.75, 3.05) is 14.2 Å². The number of aryl methyl sites for hydroxylation is 1. The number of fused-ring (bicyclic) bond motifs is 3. The van der Waals surface area contributed by atoms with E-state index in [4.69, 9.17) is 9.47 Å². The molecule has 30 heavy (non-hydrogen) atoms. The van der Waals surface area contributed by atoms with E-state index in [-0.39, 0.29) is 5.56 Å². The maximum atomic E-state index is 12.9. The number of methoxy groups -OCH3 is 2. The van der Waals surface area contributed by atoms with Crippen LogP contribution in [0.4, 0.5) is 0 Å². The fraction of sp³-hybridized carbons (Fsp3) is 0.286. The molecule has 0 fully saturated rings. The van der Waals surface area contributed by atoms with Crippen LogP contribution < -0.4 is 15.0 Å². The van der Waals surface area contributed by atoms with E-state index in [1.54, 1.807) is 30.5 Å². The zero-order chi connectivity index (χ0) is 21.3. The van der Waals surface area contributed by atoms with Crippen molar-refractivity contribution < 1.29 is 9.47 Å². The molecule has 4 rings (SSSR count). The number of ether oxygens (including phenoxy) is 2. The van der Waals surface area contributed by atoms with Crippen molar-refractivity contribution in [3.8, 4) is 11.5 Å². The molecule has 4 aromatic rings. The number of halogens is 1. The summed E-state index contributed by atoms with van der Waals surface area (Å²) >= 11 is 5.17. The first kappa shape index (κ1) is 20.7. The van der Waals surface area contributed by atoms with Crippen molar-refractivity contribution in [1.29, 1.82) is 0 Å². The number of para-hydroxylation sites is 1. The van der Waals surface area contributed by atoms with Gasteiger partial charge in [-0.1, -0.05) is 36.9 Å². The Balaban J connectivity index is 1.79. The number of thioether (sulfide) groups is 1. The van der Waals surface area contributed by atoms with Crippen LogP contribution in [0.3, 0.4) is 0 Å². The third-order valence-electron chi connectivity index (χ3n) is 4.85. The third-order valence-corrected chi connectivity index (χ3v) is 6.69. The summed E-state index contributed by atoms with van der Waals surface area (Å²) in [4.78, 5) is 12.9. The Kier molecular flexibility index (Phi) is 6.01. The van der Waals surface area contributed by atoms with Crippen LogP contribution in [0.1, 0.15) is 18.9 Å². The average molecular weight is 489 g/mol. The molecule has 0 aliphatic carbocycles. The van der Waals surface area contributed by atoms with Crippen LogP contribution >= 0.6 is 27.7 Å². The summed E-state index contributed by atoms with van der Waals surface area (Å²) in [6.45, 7) is 2.63. The van der Waals surface area contributed by atoms with Gasteiger partial charge in [-0.2, -0.15) is 0 Å². The molecule has 2 aromatic heterocycles. The van der Waals surface area contributed by atoms with Gasteiger partial charge in [0.15, 0.2) is 16.7 Å². The van der Waals surface area contributed by atoms with Gasteiger partial charge in [0.1, 0.15) is 0 Å². The third kappa shape index (κ3) is 3.45. The number of hydrogen-bond donors (Lipinski definition) is 0.